The number of methoxy groups -OCH3 is 1. The standard InChI is InChI=1S/C19H27N3O4/c1-5-22-15(23)11-14(18(25)26-4)19(22)6-8-21(9-7-19)17(24)16-12(2)10-13(3)20-16/h10,14,20H,5-9,11H2,1-4H3. The lowest BCUT2D eigenvalue weighted by Crippen LogP contribution is -2.58. The average Bonchev–Trinajstić information content (AvgIpc) is 3.10. The van der Waals surface area contributed by atoms with Gasteiger partial charge in [0.2, 0.25) is 5.91 Å². The van der Waals surface area contributed by atoms with E-state index in [9.17, 15) is 14.4 Å². The summed E-state index contributed by atoms with van der Waals surface area (Å²) in [4.78, 5) is 44.3. The molecule has 1 aromatic rings. The predicted molar refractivity (Wildman–Crippen MR) is 95.6 cm³/mol. The Morgan fingerprint density at radius 1 is 1.31 bits per heavy atom. The minimum atomic E-state index is -0.531. The van der Waals surface area contributed by atoms with Crippen LogP contribution in [0.5, 0.6) is 0 Å². The van der Waals surface area contributed by atoms with Crippen LogP contribution in [0.15, 0.2) is 6.07 Å². The van der Waals surface area contributed by atoms with Crippen molar-refractivity contribution in [2.24, 2.45) is 5.92 Å². The molecule has 7 nitrogen and oxygen atoms in total. The molecule has 142 valence electrons. The van der Waals surface area contributed by atoms with Crippen LogP contribution in [0, 0.1) is 19.8 Å². The highest BCUT2D eigenvalue weighted by molar-refractivity contribution is 5.94. The van der Waals surface area contributed by atoms with Crippen molar-refractivity contribution in [2.45, 2.75) is 45.6 Å². The Bertz CT molecular complexity index is 729. The summed E-state index contributed by atoms with van der Waals surface area (Å²) in [6, 6.07) is 1.96. The van der Waals surface area contributed by atoms with Crippen LogP contribution >= 0.6 is 0 Å². The Balaban J connectivity index is 1.80. The number of hydrogen-bond donors (Lipinski definition) is 1. The van der Waals surface area contributed by atoms with Gasteiger partial charge in [0.05, 0.1) is 18.6 Å². The number of ether oxygens (including phenoxy) is 1. The van der Waals surface area contributed by atoms with Gasteiger partial charge >= 0.3 is 5.97 Å². The van der Waals surface area contributed by atoms with Crippen molar-refractivity contribution >= 4 is 17.8 Å². The van der Waals surface area contributed by atoms with E-state index in [0.29, 0.717) is 38.2 Å². The number of aromatic amines is 1. The Kier molecular flexibility index (Phi) is 4.82. The zero-order valence-electron chi connectivity index (χ0n) is 15.9. The highest BCUT2D eigenvalue weighted by Gasteiger charge is 2.56. The number of nitrogens with one attached hydrogen (secondary N) is 1. The minimum absolute atomic E-state index is 0.00138. The van der Waals surface area contributed by atoms with E-state index in [4.69, 9.17) is 4.74 Å². The number of likely N-dealkylation sites (tertiary alicyclic amines) is 2. The third-order valence-corrected chi connectivity index (χ3v) is 5.95. The highest BCUT2D eigenvalue weighted by atomic mass is 16.5. The van der Waals surface area contributed by atoms with Crippen molar-refractivity contribution in [3.63, 3.8) is 0 Å². The average molecular weight is 361 g/mol. The molecule has 1 unspecified atom stereocenters. The smallest absolute Gasteiger partial charge is 0.311 e. The summed E-state index contributed by atoms with van der Waals surface area (Å²) in [5, 5.41) is 0. The molecular formula is C19H27N3O4. The molecule has 1 N–H and O–H groups in total. The highest BCUT2D eigenvalue weighted by Crippen LogP contribution is 2.44. The van der Waals surface area contributed by atoms with Crippen LogP contribution in [0.2, 0.25) is 0 Å². The quantitative estimate of drug-likeness (QED) is 0.830. The second-order valence-corrected chi connectivity index (χ2v) is 7.32. The number of piperidine rings is 1. The zero-order valence-corrected chi connectivity index (χ0v) is 15.9. The first-order chi connectivity index (χ1) is 12.3. The molecule has 0 aliphatic carbocycles. The molecular weight excluding hydrogens is 334 g/mol. The Morgan fingerprint density at radius 3 is 2.46 bits per heavy atom. The maximum Gasteiger partial charge on any atom is 0.311 e. The van der Waals surface area contributed by atoms with Crippen LogP contribution in [-0.4, -0.2) is 64.9 Å². The third-order valence-electron chi connectivity index (χ3n) is 5.95. The summed E-state index contributed by atoms with van der Waals surface area (Å²) in [7, 11) is 1.37. The van der Waals surface area contributed by atoms with Crippen LogP contribution in [0.25, 0.3) is 0 Å². The lowest BCUT2D eigenvalue weighted by atomic mass is 9.76. The number of hydrogen-bond acceptors (Lipinski definition) is 4. The number of H-pyrrole nitrogens is 1. The van der Waals surface area contributed by atoms with Gasteiger partial charge < -0.3 is 19.5 Å². The molecule has 2 amide bonds. The van der Waals surface area contributed by atoms with Gasteiger partial charge in [-0.25, -0.2) is 0 Å². The molecule has 7 heteroatoms. The first-order valence-electron chi connectivity index (χ1n) is 9.17. The second kappa shape index (κ2) is 6.78. The maximum absolute atomic E-state index is 12.8. The van der Waals surface area contributed by atoms with E-state index >= 15 is 0 Å². The Morgan fingerprint density at radius 2 is 1.96 bits per heavy atom. The predicted octanol–water partition coefficient (Wildman–Crippen LogP) is 1.65. The number of amides is 2. The van der Waals surface area contributed by atoms with Gasteiger partial charge in [-0.2, -0.15) is 0 Å². The zero-order chi connectivity index (χ0) is 19.1. The van der Waals surface area contributed by atoms with Crippen molar-refractivity contribution in [1.82, 2.24) is 14.8 Å². The number of aryl methyl sites for hydroxylation is 2. The van der Waals surface area contributed by atoms with E-state index in [0.717, 1.165) is 11.3 Å². The molecule has 1 aromatic heterocycles. The summed E-state index contributed by atoms with van der Waals surface area (Å²) in [6.07, 6.45) is 1.39. The molecule has 3 heterocycles. The third kappa shape index (κ3) is 2.79. The van der Waals surface area contributed by atoms with E-state index in [1.165, 1.54) is 7.11 Å². The van der Waals surface area contributed by atoms with Crippen LogP contribution in [-0.2, 0) is 14.3 Å². The first-order valence-corrected chi connectivity index (χ1v) is 9.17. The topological polar surface area (TPSA) is 82.7 Å². The summed E-state index contributed by atoms with van der Waals surface area (Å²) in [5.74, 6) is -0.803. The van der Waals surface area contributed by atoms with Gasteiger partial charge in [0.25, 0.3) is 5.91 Å². The lowest BCUT2D eigenvalue weighted by Gasteiger charge is -2.46. The van der Waals surface area contributed by atoms with Gasteiger partial charge in [0.1, 0.15) is 5.69 Å². The Labute approximate surface area is 153 Å². The lowest BCUT2D eigenvalue weighted by molar-refractivity contribution is -0.150. The van der Waals surface area contributed by atoms with E-state index < -0.39 is 11.5 Å². The molecule has 0 saturated carbocycles. The molecule has 0 aromatic carbocycles. The van der Waals surface area contributed by atoms with Gasteiger partial charge in [-0.1, -0.05) is 0 Å². The minimum Gasteiger partial charge on any atom is -0.469 e. The number of esters is 1. The van der Waals surface area contributed by atoms with E-state index in [1.807, 2.05) is 36.6 Å². The van der Waals surface area contributed by atoms with Crippen LogP contribution < -0.4 is 0 Å². The van der Waals surface area contributed by atoms with Crippen molar-refractivity contribution in [3.05, 3.63) is 23.0 Å². The van der Waals surface area contributed by atoms with E-state index in [1.54, 1.807) is 0 Å². The van der Waals surface area contributed by atoms with Gasteiger partial charge in [-0.3, -0.25) is 14.4 Å². The molecule has 26 heavy (non-hydrogen) atoms. The van der Waals surface area contributed by atoms with Crippen LogP contribution in [0.4, 0.5) is 0 Å². The van der Waals surface area contributed by atoms with Crippen molar-refractivity contribution in [3.8, 4) is 0 Å². The van der Waals surface area contributed by atoms with Crippen molar-refractivity contribution in [1.29, 1.82) is 0 Å². The van der Waals surface area contributed by atoms with Gasteiger partial charge in [-0.05, 0) is 45.2 Å². The number of nitrogens with zero attached hydrogens (tertiary/aromatic N) is 2. The number of aromatic nitrogens is 1. The Hall–Kier alpha value is -2.31. The molecule has 3 rings (SSSR count). The fourth-order valence-corrected chi connectivity index (χ4v) is 4.67. The molecule has 2 saturated heterocycles. The summed E-state index contributed by atoms with van der Waals surface area (Å²) in [5.41, 5.74) is 1.99. The monoisotopic (exact) mass is 361 g/mol. The molecule has 0 radical (unpaired) electrons. The second-order valence-electron chi connectivity index (χ2n) is 7.32. The number of carbonyl (C=O) groups excluding carboxylic acids is 3. The van der Waals surface area contributed by atoms with E-state index in [-0.39, 0.29) is 24.2 Å². The molecule has 2 fully saturated rings. The summed E-state index contributed by atoms with van der Waals surface area (Å²) < 4.78 is 4.96. The molecule has 2 aliphatic heterocycles. The fraction of sp³-hybridized carbons (Fsp3) is 0.632. The first kappa shape index (κ1) is 18.5. The van der Waals surface area contributed by atoms with Crippen molar-refractivity contribution in [2.75, 3.05) is 26.7 Å². The molecule has 1 atom stereocenters. The number of carbonyl (C=O) groups is 3. The normalized spacial score (nSPS) is 22.2. The molecule has 2 aliphatic rings. The van der Waals surface area contributed by atoms with E-state index in [2.05, 4.69) is 4.98 Å². The maximum atomic E-state index is 12.8. The van der Waals surface area contributed by atoms with Gasteiger partial charge in [0, 0.05) is 31.7 Å². The largest absolute Gasteiger partial charge is 0.469 e. The fourth-order valence-electron chi connectivity index (χ4n) is 4.67. The summed E-state index contributed by atoms with van der Waals surface area (Å²) in [6.45, 7) is 7.39. The van der Waals surface area contributed by atoms with Gasteiger partial charge in [0.15, 0.2) is 0 Å². The van der Waals surface area contributed by atoms with Crippen LogP contribution in [0.3, 0.4) is 0 Å². The number of rotatable bonds is 3. The van der Waals surface area contributed by atoms with Crippen LogP contribution in [0.1, 0.15) is 47.9 Å². The summed E-state index contributed by atoms with van der Waals surface area (Å²) >= 11 is 0. The van der Waals surface area contributed by atoms with Gasteiger partial charge in [-0.15, -0.1) is 0 Å². The molecule has 0 bridgehead atoms. The van der Waals surface area contributed by atoms with Crippen molar-refractivity contribution < 1.29 is 19.1 Å². The SMILES string of the molecule is CCN1C(=O)CC(C(=O)OC)C12CCN(C(=O)c1[nH]c(C)cc1C)CC2. The molecule has 1 spiro atoms.